The van der Waals surface area contributed by atoms with E-state index >= 15 is 0 Å². The second-order valence-electron chi connectivity index (χ2n) is 3.11. The van der Waals surface area contributed by atoms with Crippen molar-refractivity contribution in [2.75, 3.05) is 5.73 Å². The highest BCUT2D eigenvalue weighted by atomic mass is 35.5. The molecule has 0 aliphatic heterocycles. The molecule has 0 atom stereocenters. The molecule has 1 heterocycles. The highest BCUT2D eigenvalue weighted by Gasteiger charge is 2.31. The van der Waals surface area contributed by atoms with Crippen LogP contribution in [0.5, 0.6) is 0 Å². The summed E-state index contributed by atoms with van der Waals surface area (Å²) < 4.78 is 38.4. The highest BCUT2D eigenvalue weighted by molar-refractivity contribution is 6.32. The summed E-state index contributed by atoms with van der Waals surface area (Å²) in [6, 6.07) is 2.81. The van der Waals surface area contributed by atoms with Crippen molar-refractivity contribution in [3.05, 3.63) is 28.8 Å². The fraction of sp³-hybridized carbons (Fsp3) is 0.125. The van der Waals surface area contributed by atoms with Gasteiger partial charge in [0.15, 0.2) is 0 Å². The minimum atomic E-state index is -4.47. The molecule has 1 aromatic carbocycles. The normalized spacial score (nSPS) is 11.8. The van der Waals surface area contributed by atoms with Gasteiger partial charge in [0, 0.05) is 0 Å². The largest absolute Gasteiger partial charge is 0.416 e. The maximum atomic E-state index is 12.5. The third-order valence-electron chi connectivity index (χ3n) is 2.00. The van der Waals surface area contributed by atoms with Crippen LogP contribution in [0.15, 0.2) is 18.2 Å². The SMILES string of the molecule is Nc1nnnn1-c1cc(C(F)(F)F)ccc1Cl. The van der Waals surface area contributed by atoms with Crippen molar-refractivity contribution in [3.8, 4) is 5.69 Å². The maximum Gasteiger partial charge on any atom is 0.416 e. The van der Waals surface area contributed by atoms with Crippen LogP contribution in [0.4, 0.5) is 19.1 Å². The second kappa shape index (κ2) is 3.88. The van der Waals surface area contributed by atoms with Crippen LogP contribution in [0.25, 0.3) is 5.69 Å². The summed E-state index contributed by atoms with van der Waals surface area (Å²) in [5.74, 6) is -0.147. The number of rotatable bonds is 1. The van der Waals surface area contributed by atoms with Crippen molar-refractivity contribution in [2.24, 2.45) is 0 Å². The lowest BCUT2D eigenvalue weighted by Gasteiger charge is -2.10. The first kappa shape index (κ1) is 11.6. The van der Waals surface area contributed by atoms with Crippen LogP contribution >= 0.6 is 11.6 Å². The van der Waals surface area contributed by atoms with E-state index in [1.807, 2.05) is 0 Å². The molecule has 0 fully saturated rings. The van der Waals surface area contributed by atoms with Gasteiger partial charge in [-0.1, -0.05) is 16.7 Å². The van der Waals surface area contributed by atoms with E-state index in [1.165, 1.54) is 0 Å². The predicted molar refractivity (Wildman–Crippen MR) is 53.6 cm³/mol. The average Bonchev–Trinajstić information content (AvgIpc) is 2.63. The molecule has 0 unspecified atom stereocenters. The third kappa shape index (κ3) is 2.16. The van der Waals surface area contributed by atoms with Gasteiger partial charge < -0.3 is 5.73 Å². The van der Waals surface area contributed by atoms with Gasteiger partial charge >= 0.3 is 6.18 Å². The Kier molecular flexibility index (Phi) is 2.66. The topological polar surface area (TPSA) is 69.6 Å². The standard InChI is InChI=1S/C8H5ClF3N5/c9-5-2-1-4(8(10,11)12)3-6(5)17-7(13)14-15-16-17/h1-3H,(H2,13,14,16). The third-order valence-corrected chi connectivity index (χ3v) is 2.31. The number of tetrazole rings is 1. The van der Waals surface area contributed by atoms with Gasteiger partial charge in [0.1, 0.15) is 0 Å². The zero-order valence-electron chi connectivity index (χ0n) is 8.11. The molecular formula is C8H5ClF3N5. The fourth-order valence-electron chi connectivity index (χ4n) is 1.22. The van der Waals surface area contributed by atoms with Gasteiger partial charge in [0.2, 0.25) is 5.95 Å². The van der Waals surface area contributed by atoms with Crippen molar-refractivity contribution in [1.82, 2.24) is 20.2 Å². The van der Waals surface area contributed by atoms with E-state index in [4.69, 9.17) is 17.3 Å². The van der Waals surface area contributed by atoms with Gasteiger partial charge in [-0.2, -0.15) is 17.9 Å². The smallest absolute Gasteiger partial charge is 0.366 e. The summed E-state index contributed by atoms with van der Waals surface area (Å²) in [6.07, 6.45) is -4.47. The molecule has 17 heavy (non-hydrogen) atoms. The Morgan fingerprint density at radius 2 is 2.00 bits per heavy atom. The lowest BCUT2D eigenvalue weighted by Crippen LogP contribution is -2.08. The van der Waals surface area contributed by atoms with Crippen molar-refractivity contribution in [2.45, 2.75) is 6.18 Å². The molecule has 2 N–H and O–H groups in total. The molecule has 9 heteroatoms. The van der Waals surface area contributed by atoms with Gasteiger partial charge in [0.25, 0.3) is 0 Å². The summed E-state index contributed by atoms with van der Waals surface area (Å²) in [5.41, 5.74) is 4.51. The number of nitrogens with two attached hydrogens (primary N) is 1. The molecule has 0 bridgehead atoms. The van der Waals surface area contributed by atoms with Gasteiger partial charge in [0.05, 0.1) is 16.3 Å². The first-order valence-corrected chi connectivity index (χ1v) is 4.68. The van der Waals surface area contributed by atoms with Crippen molar-refractivity contribution < 1.29 is 13.2 Å². The van der Waals surface area contributed by atoms with Crippen molar-refractivity contribution >= 4 is 17.5 Å². The van der Waals surface area contributed by atoms with Crippen molar-refractivity contribution in [1.29, 1.82) is 0 Å². The quantitative estimate of drug-likeness (QED) is 0.853. The number of halogens is 4. The number of anilines is 1. The Bertz CT molecular complexity index is 550. The fourth-order valence-corrected chi connectivity index (χ4v) is 1.41. The Morgan fingerprint density at radius 3 is 2.53 bits per heavy atom. The van der Waals surface area contributed by atoms with Gasteiger partial charge in [-0.15, -0.1) is 0 Å². The minimum absolute atomic E-state index is 0.0241. The summed E-state index contributed by atoms with van der Waals surface area (Å²) in [7, 11) is 0. The summed E-state index contributed by atoms with van der Waals surface area (Å²) in [4.78, 5) is 0. The second-order valence-corrected chi connectivity index (χ2v) is 3.52. The van der Waals surface area contributed by atoms with E-state index in [0.717, 1.165) is 22.9 Å². The lowest BCUT2D eigenvalue weighted by molar-refractivity contribution is -0.137. The molecule has 5 nitrogen and oxygen atoms in total. The van der Waals surface area contributed by atoms with E-state index in [-0.39, 0.29) is 16.7 Å². The highest BCUT2D eigenvalue weighted by Crippen LogP contribution is 2.33. The van der Waals surface area contributed by atoms with Crippen LogP contribution in [-0.4, -0.2) is 20.2 Å². The molecule has 90 valence electrons. The molecule has 0 spiro atoms. The monoisotopic (exact) mass is 263 g/mol. The summed E-state index contributed by atoms with van der Waals surface area (Å²) in [5, 5.41) is 10.1. The molecule has 0 aliphatic carbocycles. The summed E-state index contributed by atoms with van der Waals surface area (Å²) in [6.45, 7) is 0. The number of aromatic nitrogens is 4. The first-order chi connectivity index (χ1) is 7.89. The van der Waals surface area contributed by atoms with Gasteiger partial charge in [-0.25, -0.2) is 0 Å². The molecule has 2 rings (SSSR count). The van der Waals surface area contributed by atoms with E-state index < -0.39 is 11.7 Å². The zero-order valence-corrected chi connectivity index (χ0v) is 8.87. The molecule has 0 amide bonds. The molecule has 0 radical (unpaired) electrons. The van der Waals surface area contributed by atoms with E-state index in [9.17, 15) is 13.2 Å². The number of hydrogen-bond donors (Lipinski definition) is 1. The molecule has 0 saturated heterocycles. The van der Waals surface area contributed by atoms with Gasteiger partial charge in [-0.3, -0.25) is 0 Å². The summed E-state index contributed by atoms with van der Waals surface area (Å²) >= 11 is 5.77. The van der Waals surface area contributed by atoms with Crippen LogP contribution in [0.1, 0.15) is 5.56 Å². The van der Waals surface area contributed by atoms with E-state index in [2.05, 4.69) is 15.5 Å². The van der Waals surface area contributed by atoms with E-state index in [1.54, 1.807) is 0 Å². The Morgan fingerprint density at radius 1 is 1.29 bits per heavy atom. The zero-order chi connectivity index (χ0) is 12.6. The average molecular weight is 264 g/mol. The predicted octanol–water partition coefficient (Wildman–Crippen LogP) is 1.92. The number of nitrogen functional groups attached to an aromatic ring is 1. The van der Waals surface area contributed by atoms with Gasteiger partial charge in [-0.05, 0) is 28.6 Å². The lowest BCUT2D eigenvalue weighted by atomic mass is 10.2. The van der Waals surface area contributed by atoms with Crippen LogP contribution < -0.4 is 5.73 Å². The number of benzene rings is 1. The van der Waals surface area contributed by atoms with Crippen molar-refractivity contribution in [3.63, 3.8) is 0 Å². The molecule has 2 aromatic rings. The number of nitrogens with zero attached hydrogens (tertiary/aromatic N) is 4. The van der Waals surface area contributed by atoms with Crippen LogP contribution in [0, 0.1) is 0 Å². The Labute approximate surface area is 98.0 Å². The molecule has 0 aliphatic rings. The first-order valence-electron chi connectivity index (χ1n) is 4.30. The van der Waals surface area contributed by atoms with Crippen LogP contribution in [-0.2, 0) is 6.18 Å². The number of alkyl halides is 3. The van der Waals surface area contributed by atoms with Crippen LogP contribution in [0.2, 0.25) is 5.02 Å². The maximum absolute atomic E-state index is 12.5. The molecule has 1 aromatic heterocycles. The number of hydrogen-bond acceptors (Lipinski definition) is 4. The minimum Gasteiger partial charge on any atom is -0.366 e. The van der Waals surface area contributed by atoms with E-state index in [0.29, 0.717) is 0 Å². The Balaban J connectivity index is 2.58. The Hall–Kier alpha value is -1.83. The molecule has 0 saturated carbocycles. The molecular weight excluding hydrogens is 259 g/mol. The van der Waals surface area contributed by atoms with Crippen LogP contribution in [0.3, 0.4) is 0 Å².